The average Bonchev–Trinajstić information content (AvgIpc) is 2.80. The van der Waals surface area contributed by atoms with E-state index >= 15 is 0 Å². The number of carbonyl (C=O) groups excluding carboxylic acids is 3. The molecule has 0 spiro atoms. The molecule has 198 valence electrons. The van der Waals surface area contributed by atoms with Crippen LogP contribution in [0.2, 0.25) is 0 Å². The summed E-state index contributed by atoms with van der Waals surface area (Å²) in [5.41, 5.74) is 10.5. The van der Waals surface area contributed by atoms with Crippen molar-refractivity contribution in [3.05, 3.63) is 9.81 Å². The van der Waals surface area contributed by atoms with Crippen LogP contribution in [0.1, 0.15) is 12.8 Å². The van der Waals surface area contributed by atoms with Crippen LogP contribution in [0.15, 0.2) is 9.16 Å². The number of nitrogens with two attached hydrogens (primary N) is 2. The standard InChI is InChI=1S/C10H16N4O7S.C5H9N3O4S/c11-5(10(19)20)1-2-7(15)13-6(4-22-14-21)9(18)12-3-8(16)17;6-3(2-13-8-12)5(11)7-1-4(9)10/h5-6H,1-4,11H2,(H,12,18)(H,13,15)(H,16,17)(H,19,20);3H,1-2,6H2,(H,7,11)(H,9,10)/t5-,6-;3-/m00/s1. The lowest BCUT2D eigenvalue weighted by Crippen LogP contribution is -2.49. The number of carbonyl (C=O) groups is 6. The van der Waals surface area contributed by atoms with Gasteiger partial charge in [-0.25, -0.2) is 0 Å². The predicted molar refractivity (Wildman–Crippen MR) is 123 cm³/mol. The van der Waals surface area contributed by atoms with Gasteiger partial charge in [0, 0.05) is 51.0 Å². The minimum Gasteiger partial charge on any atom is -0.480 e. The molecule has 0 rings (SSSR count). The van der Waals surface area contributed by atoms with Crippen LogP contribution in [0.25, 0.3) is 0 Å². The molecule has 35 heavy (non-hydrogen) atoms. The molecule has 0 fully saturated rings. The maximum Gasteiger partial charge on any atom is 0.322 e. The SMILES string of the molecule is N[C@@H](CCC(=O)N[C@@H](CSN=O)C(=O)NCC(=O)O)C(=O)O.N[C@@H](CSN=O)C(=O)NCC(=O)O. The molecule has 0 aromatic heterocycles. The van der Waals surface area contributed by atoms with Gasteiger partial charge in [-0.05, 0) is 6.42 Å². The molecule has 0 aliphatic heterocycles. The Kier molecular flexibility index (Phi) is 19.4. The minimum absolute atomic E-state index is 0.0367. The topological polar surface area (TPSA) is 310 Å². The Morgan fingerprint density at radius 1 is 0.771 bits per heavy atom. The third-order valence-corrected chi connectivity index (χ3v) is 4.62. The third kappa shape index (κ3) is 19.8. The zero-order chi connectivity index (χ0) is 27.4. The fraction of sp³-hybridized carbons (Fsp3) is 0.600. The molecule has 0 aliphatic carbocycles. The van der Waals surface area contributed by atoms with E-state index in [1.54, 1.807) is 0 Å². The molecule has 20 heteroatoms. The molecule has 0 aliphatic rings. The number of nitrogens with zero attached hydrogens (tertiary/aromatic N) is 2. The van der Waals surface area contributed by atoms with Crippen molar-refractivity contribution < 1.29 is 44.1 Å². The normalized spacial score (nSPS) is 12.4. The lowest BCUT2D eigenvalue weighted by Gasteiger charge is -2.16. The van der Waals surface area contributed by atoms with Crippen molar-refractivity contribution in [2.75, 3.05) is 24.6 Å². The number of nitrogens with one attached hydrogen (secondary N) is 3. The van der Waals surface area contributed by atoms with Gasteiger partial charge in [-0.1, -0.05) is 0 Å². The molecule has 18 nitrogen and oxygen atoms in total. The molecule has 3 atom stereocenters. The second-order valence-electron chi connectivity index (χ2n) is 6.17. The Hall–Kier alpha value is -3.36. The van der Waals surface area contributed by atoms with Crippen molar-refractivity contribution >= 4 is 59.5 Å². The van der Waals surface area contributed by atoms with Crippen molar-refractivity contribution in [3.8, 4) is 0 Å². The molecule has 0 heterocycles. The summed E-state index contributed by atoms with van der Waals surface area (Å²) >= 11 is 1.09. The molecule has 0 radical (unpaired) electrons. The first-order chi connectivity index (χ1) is 16.3. The molecular formula is C15H25N7O11S2. The fourth-order valence-corrected chi connectivity index (χ4v) is 2.55. The first-order valence-corrected chi connectivity index (χ1v) is 11.2. The minimum atomic E-state index is -1.27. The second-order valence-corrected chi connectivity index (χ2v) is 7.65. The quantitative estimate of drug-likeness (QED) is 0.0678. The van der Waals surface area contributed by atoms with E-state index in [1.165, 1.54) is 0 Å². The summed E-state index contributed by atoms with van der Waals surface area (Å²) in [6.07, 6.45) is -0.376. The number of hydrogen-bond donors (Lipinski definition) is 8. The molecule has 0 unspecified atom stereocenters. The van der Waals surface area contributed by atoms with Crippen LogP contribution in [-0.2, 0) is 28.8 Å². The largest absolute Gasteiger partial charge is 0.480 e. The van der Waals surface area contributed by atoms with Gasteiger partial charge >= 0.3 is 17.9 Å². The summed E-state index contributed by atoms with van der Waals surface area (Å²) in [5.74, 6) is -5.90. The number of carboxylic acids is 3. The van der Waals surface area contributed by atoms with Gasteiger partial charge in [0.25, 0.3) is 0 Å². The van der Waals surface area contributed by atoms with Crippen molar-refractivity contribution in [2.45, 2.75) is 31.0 Å². The summed E-state index contributed by atoms with van der Waals surface area (Å²) in [5, 5.41) is 31.6. The van der Waals surface area contributed by atoms with Crippen molar-refractivity contribution in [3.63, 3.8) is 0 Å². The van der Waals surface area contributed by atoms with Crippen LogP contribution in [0.4, 0.5) is 0 Å². The van der Waals surface area contributed by atoms with Crippen LogP contribution in [0.3, 0.4) is 0 Å². The third-order valence-electron chi connectivity index (χ3n) is 3.42. The summed E-state index contributed by atoms with van der Waals surface area (Å²) in [6.45, 7) is -1.13. The smallest absolute Gasteiger partial charge is 0.322 e. The molecule has 0 aromatic carbocycles. The maximum absolute atomic E-state index is 11.7. The lowest BCUT2D eigenvalue weighted by atomic mass is 10.1. The number of rotatable bonds is 17. The highest BCUT2D eigenvalue weighted by atomic mass is 32.2. The molecular weight excluding hydrogens is 518 g/mol. The van der Waals surface area contributed by atoms with E-state index in [4.69, 9.17) is 26.8 Å². The van der Waals surface area contributed by atoms with Crippen molar-refractivity contribution in [1.29, 1.82) is 0 Å². The first kappa shape index (κ1) is 33.8. The predicted octanol–water partition coefficient (Wildman–Crippen LogP) is -2.79. The highest BCUT2D eigenvalue weighted by Gasteiger charge is 2.22. The highest BCUT2D eigenvalue weighted by molar-refractivity contribution is 7.98. The molecule has 0 aromatic rings. The van der Waals surface area contributed by atoms with Gasteiger partial charge < -0.3 is 42.7 Å². The number of nitroso groups, excluding NO2 is 2. The molecule has 3 amide bonds. The van der Waals surface area contributed by atoms with E-state index in [0.29, 0.717) is 23.9 Å². The van der Waals surface area contributed by atoms with E-state index in [0.717, 1.165) is 0 Å². The van der Waals surface area contributed by atoms with Gasteiger partial charge in [0.2, 0.25) is 17.7 Å². The Labute approximate surface area is 205 Å². The lowest BCUT2D eigenvalue weighted by molar-refractivity contribution is -0.139. The van der Waals surface area contributed by atoms with Gasteiger partial charge in [-0.2, -0.15) is 0 Å². The van der Waals surface area contributed by atoms with Crippen molar-refractivity contribution in [2.24, 2.45) is 20.6 Å². The summed E-state index contributed by atoms with van der Waals surface area (Å²) in [6, 6.07) is -3.30. The maximum atomic E-state index is 11.7. The molecule has 0 bridgehead atoms. The summed E-state index contributed by atoms with van der Waals surface area (Å²) in [4.78, 5) is 84.8. The Morgan fingerprint density at radius 3 is 1.71 bits per heavy atom. The molecule has 0 saturated carbocycles. The van der Waals surface area contributed by atoms with Crippen LogP contribution >= 0.6 is 23.9 Å². The number of amides is 3. The zero-order valence-corrected chi connectivity index (χ0v) is 19.6. The van der Waals surface area contributed by atoms with Crippen LogP contribution in [0.5, 0.6) is 0 Å². The van der Waals surface area contributed by atoms with E-state index in [1.807, 2.05) is 0 Å². The van der Waals surface area contributed by atoms with Crippen LogP contribution in [-0.4, -0.2) is 93.7 Å². The fourth-order valence-electron chi connectivity index (χ4n) is 1.73. The Bertz CT molecular complexity index is 772. The number of hydrogen-bond acceptors (Lipinski definition) is 14. The Morgan fingerprint density at radius 2 is 1.26 bits per heavy atom. The summed E-state index contributed by atoms with van der Waals surface area (Å²) in [7, 11) is 0. The van der Waals surface area contributed by atoms with E-state index in [9.17, 15) is 38.6 Å². The molecule has 0 saturated heterocycles. The van der Waals surface area contributed by atoms with E-state index in [2.05, 4.69) is 25.1 Å². The average molecular weight is 544 g/mol. The zero-order valence-electron chi connectivity index (χ0n) is 17.9. The van der Waals surface area contributed by atoms with E-state index in [-0.39, 0.29) is 24.3 Å². The summed E-state index contributed by atoms with van der Waals surface area (Å²) < 4.78 is 4.92. The van der Waals surface area contributed by atoms with Gasteiger partial charge in [0.1, 0.15) is 25.2 Å². The van der Waals surface area contributed by atoms with Crippen LogP contribution in [0, 0.1) is 9.81 Å². The number of carboxylic acid groups (broad SMARTS) is 3. The van der Waals surface area contributed by atoms with Gasteiger partial charge in [0.15, 0.2) is 0 Å². The number of aliphatic carboxylic acids is 3. The van der Waals surface area contributed by atoms with Crippen molar-refractivity contribution in [1.82, 2.24) is 16.0 Å². The highest BCUT2D eigenvalue weighted by Crippen LogP contribution is 2.05. The second kappa shape index (κ2) is 20.1. The van der Waals surface area contributed by atoms with Gasteiger partial charge in [-0.3, -0.25) is 28.8 Å². The Balaban J connectivity index is 0. The molecule has 10 N–H and O–H groups in total. The van der Waals surface area contributed by atoms with Gasteiger partial charge in [0.05, 0.1) is 6.04 Å². The van der Waals surface area contributed by atoms with Gasteiger partial charge in [-0.15, -0.1) is 9.81 Å². The first-order valence-electron chi connectivity index (χ1n) is 9.27. The monoisotopic (exact) mass is 543 g/mol. The van der Waals surface area contributed by atoms with Crippen LogP contribution < -0.4 is 27.4 Å². The van der Waals surface area contributed by atoms with E-state index < -0.39 is 66.8 Å².